The highest BCUT2D eigenvalue weighted by atomic mass is 32.1. The molecule has 19 heavy (non-hydrogen) atoms. The first kappa shape index (κ1) is 12.7. The summed E-state index contributed by atoms with van der Waals surface area (Å²) >= 11 is 1.81. The topological polar surface area (TPSA) is 47.3 Å². The minimum absolute atomic E-state index is 0.156. The van der Waals surface area contributed by atoms with E-state index in [4.69, 9.17) is 10.6 Å². The molecular formula is C15H18N2OS. The van der Waals surface area contributed by atoms with Gasteiger partial charge in [0.1, 0.15) is 5.75 Å². The van der Waals surface area contributed by atoms with E-state index in [-0.39, 0.29) is 6.04 Å². The van der Waals surface area contributed by atoms with Crippen molar-refractivity contribution < 1.29 is 4.74 Å². The van der Waals surface area contributed by atoms with Crippen LogP contribution in [0.2, 0.25) is 0 Å². The quantitative estimate of drug-likeness (QED) is 0.668. The van der Waals surface area contributed by atoms with Crippen LogP contribution in [0.25, 0.3) is 0 Å². The second kappa shape index (κ2) is 5.33. The Hall–Kier alpha value is -1.36. The van der Waals surface area contributed by atoms with Gasteiger partial charge in [-0.3, -0.25) is 11.3 Å². The Balaban J connectivity index is 1.97. The summed E-state index contributed by atoms with van der Waals surface area (Å²) in [5.41, 5.74) is 4.25. The summed E-state index contributed by atoms with van der Waals surface area (Å²) in [6, 6.07) is 12.7. The average Bonchev–Trinajstić information content (AvgIpc) is 2.86. The largest absolute Gasteiger partial charge is 0.493 e. The van der Waals surface area contributed by atoms with Gasteiger partial charge in [-0.15, -0.1) is 11.3 Å². The zero-order valence-electron chi connectivity index (χ0n) is 10.9. The van der Waals surface area contributed by atoms with Crippen molar-refractivity contribution in [3.63, 3.8) is 0 Å². The molecule has 2 unspecified atom stereocenters. The second-order valence-electron chi connectivity index (χ2n) is 4.87. The van der Waals surface area contributed by atoms with Crippen molar-refractivity contribution in [1.82, 2.24) is 5.43 Å². The van der Waals surface area contributed by atoms with Crippen LogP contribution < -0.4 is 16.0 Å². The molecule has 2 aromatic rings. The maximum absolute atomic E-state index is 5.82. The van der Waals surface area contributed by atoms with Gasteiger partial charge in [0.25, 0.3) is 0 Å². The molecule has 4 heteroatoms. The van der Waals surface area contributed by atoms with E-state index in [1.165, 1.54) is 15.3 Å². The second-order valence-corrected chi connectivity index (χ2v) is 6.19. The van der Waals surface area contributed by atoms with Gasteiger partial charge in [0.05, 0.1) is 12.6 Å². The van der Waals surface area contributed by atoms with Crippen molar-refractivity contribution >= 4 is 11.3 Å². The van der Waals surface area contributed by atoms with Crippen LogP contribution in [0.15, 0.2) is 36.4 Å². The van der Waals surface area contributed by atoms with E-state index in [1.54, 1.807) is 11.3 Å². The maximum Gasteiger partial charge on any atom is 0.122 e. The van der Waals surface area contributed by atoms with E-state index in [2.05, 4.69) is 36.6 Å². The predicted octanol–water partition coefficient (Wildman–Crippen LogP) is 3.13. The van der Waals surface area contributed by atoms with Crippen LogP contribution in [-0.4, -0.2) is 6.61 Å². The Bertz CT molecular complexity index is 567. The Morgan fingerprint density at radius 1 is 1.32 bits per heavy atom. The average molecular weight is 274 g/mol. The van der Waals surface area contributed by atoms with Gasteiger partial charge in [0.15, 0.2) is 0 Å². The Morgan fingerprint density at radius 2 is 2.16 bits per heavy atom. The SMILES string of the molecule is Cc1ccc(C(NN)C2CCOc3ccccc32)s1. The first-order chi connectivity index (χ1) is 9.29. The maximum atomic E-state index is 5.82. The number of nitrogens with one attached hydrogen (secondary N) is 1. The van der Waals surface area contributed by atoms with Crippen molar-refractivity contribution in [2.75, 3.05) is 6.61 Å². The van der Waals surface area contributed by atoms with Crippen LogP contribution in [0.5, 0.6) is 5.75 Å². The number of ether oxygens (including phenoxy) is 1. The van der Waals surface area contributed by atoms with Crippen LogP contribution in [0.1, 0.15) is 33.7 Å². The third-order valence-corrected chi connectivity index (χ3v) is 4.74. The smallest absolute Gasteiger partial charge is 0.122 e. The molecular weight excluding hydrogens is 256 g/mol. The lowest BCUT2D eigenvalue weighted by molar-refractivity contribution is 0.247. The lowest BCUT2D eigenvalue weighted by Crippen LogP contribution is -2.34. The highest BCUT2D eigenvalue weighted by molar-refractivity contribution is 7.12. The van der Waals surface area contributed by atoms with Crippen molar-refractivity contribution in [2.45, 2.75) is 25.3 Å². The van der Waals surface area contributed by atoms with Gasteiger partial charge in [0, 0.05) is 15.7 Å². The predicted molar refractivity (Wildman–Crippen MR) is 78.4 cm³/mol. The third-order valence-electron chi connectivity index (χ3n) is 3.65. The number of fused-ring (bicyclic) bond motifs is 1. The van der Waals surface area contributed by atoms with E-state index < -0.39 is 0 Å². The summed E-state index contributed by atoms with van der Waals surface area (Å²) in [6.45, 7) is 2.88. The summed E-state index contributed by atoms with van der Waals surface area (Å²) in [4.78, 5) is 2.61. The van der Waals surface area contributed by atoms with Crippen LogP contribution in [0, 0.1) is 6.92 Å². The van der Waals surface area contributed by atoms with Gasteiger partial charge in [-0.25, -0.2) is 0 Å². The monoisotopic (exact) mass is 274 g/mol. The zero-order valence-corrected chi connectivity index (χ0v) is 11.7. The Kier molecular flexibility index (Phi) is 3.55. The van der Waals surface area contributed by atoms with E-state index in [9.17, 15) is 0 Å². The molecule has 3 rings (SSSR count). The van der Waals surface area contributed by atoms with Crippen LogP contribution in [0.3, 0.4) is 0 Å². The van der Waals surface area contributed by atoms with Crippen molar-refractivity contribution in [1.29, 1.82) is 0 Å². The van der Waals surface area contributed by atoms with E-state index in [0.29, 0.717) is 5.92 Å². The van der Waals surface area contributed by atoms with Gasteiger partial charge < -0.3 is 4.74 Å². The number of benzene rings is 1. The Morgan fingerprint density at radius 3 is 2.89 bits per heavy atom. The molecule has 100 valence electrons. The molecule has 1 aliphatic rings. The fraction of sp³-hybridized carbons (Fsp3) is 0.333. The molecule has 3 N–H and O–H groups in total. The minimum Gasteiger partial charge on any atom is -0.493 e. The third kappa shape index (κ3) is 2.39. The van der Waals surface area contributed by atoms with Crippen molar-refractivity contribution in [3.8, 4) is 5.75 Å². The number of aryl methyl sites for hydroxylation is 1. The van der Waals surface area contributed by atoms with Crippen molar-refractivity contribution in [2.24, 2.45) is 5.84 Å². The van der Waals surface area contributed by atoms with E-state index >= 15 is 0 Å². The molecule has 0 fully saturated rings. The molecule has 1 aromatic carbocycles. The van der Waals surface area contributed by atoms with Gasteiger partial charge in [0.2, 0.25) is 0 Å². The molecule has 1 aromatic heterocycles. The first-order valence-electron chi connectivity index (χ1n) is 6.54. The van der Waals surface area contributed by atoms with E-state index in [1.807, 2.05) is 12.1 Å². The summed E-state index contributed by atoms with van der Waals surface area (Å²) in [5.74, 6) is 7.18. The molecule has 0 saturated carbocycles. The number of hydrogen-bond donors (Lipinski definition) is 2. The lowest BCUT2D eigenvalue weighted by atomic mass is 9.86. The molecule has 0 saturated heterocycles. The molecule has 2 heterocycles. The van der Waals surface area contributed by atoms with Gasteiger partial charge >= 0.3 is 0 Å². The lowest BCUT2D eigenvalue weighted by Gasteiger charge is -2.31. The van der Waals surface area contributed by atoms with Gasteiger partial charge in [-0.05, 0) is 37.1 Å². The number of hydrazine groups is 1. The fourth-order valence-corrected chi connectivity index (χ4v) is 3.74. The van der Waals surface area contributed by atoms with Gasteiger partial charge in [-0.1, -0.05) is 18.2 Å². The Labute approximate surface area is 117 Å². The van der Waals surface area contributed by atoms with Crippen LogP contribution >= 0.6 is 11.3 Å². The molecule has 0 aliphatic carbocycles. The minimum atomic E-state index is 0.156. The molecule has 1 aliphatic heterocycles. The van der Waals surface area contributed by atoms with Crippen molar-refractivity contribution in [3.05, 3.63) is 51.7 Å². The number of nitrogens with two attached hydrogens (primary N) is 1. The van der Waals surface area contributed by atoms with Crippen LogP contribution in [0.4, 0.5) is 0 Å². The number of rotatable bonds is 3. The molecule has 0 radical (unpaired) electrons. The molecule has 0 spiro atoms. The number of para-hydroxylation sites is 1. The van der Waals surface area contributed by atoms with E-state index in [0.717, 1.165) is 18.8 Å². The molecule has 0 amide bonds. The summed E-state index contributed by atoms with van der Waals surface area (Å²) in [7, 11) is 0. The highest BCUT2D eigenvalue weighted by Crippen LogP contribution is 2.42. The summed E-state index contributed by atoms with van der Waals surface area (Å²) in [5, 5.41) is 0. The molecule has 0 bridgehead atoms. The van der Waals surface area contributed by atoms with Crippen LogP contribution in [-0.2, 0) is 0 Å². The summed E-state index contributed by atoms with van der Waals surface area (Å²) < 4.78 is 5.72. The molecule has 3 nitrogen and oxygen atoms in total. The fourth-order valence-electron chi connectivity index (χ4n) is 2.73. The standard InChI is InChI=1S/C15H18N2OS/c1-10-6-7-14(19-10)15(17-16)12-8-9-18-13-5-3-2-4-11(12)13/h2-7,12,15,17H,8-9,16H2,1H3. The zero-order chi connectivity index (χ0) is 13.2. The highest BCUT2D eigenvalue weighted by Gasteiger charge is 2.29. The summed E-state index contributed by atoms with van der Waals surface area (Å²) in [6.07, 6.45) is 0.989. The van der Waals surface area contributed by atoms with Gasteiger partial charge in [-0.2, -0.15) is 0 Å². The molecule has 2 atom stereocenters. The number of hydrogen-bond acceptors (Lipinski definition) is 4. The first-order valence-corrected chi connectivity index (χ1v) is 7.35. The number of thiophene rings is 1. The normalized spacial score (nSPS) is 19.6.